The molecule has 21 heavy (non-hydrogen) atoms. The number of carbonyl (C=O) groups excluding carboxylic acids is 1. The van der Waals surface area contributed by atoms with Gasteiger partial charge in [0, 0.05) is 12.1 Å². The minimum absolute atomic E-state index is 0.127. The van der Waals surface area contributed by atoms with E-state index < -0.39 is 0 Å². The molecule has 1 amide bonds. The van der Waals surface area contributed by atoms with E-state index in [-0.39, 0.29) is 18.5 Å². The average Bonchev–Trinajstić information content (AvgIpc) is 2.96. The van der Waals surface area contributed by atoms with Crippen LogP contribution in [0, 0.1) is 5.82 Å². The van der Waals surface area contributed by atoms with Gasteiger partial charge in [-0.15, -0.1) is 0 Å². The average molecular weight is 287 g/mol. The first-order valence-corrected chi connectivity index (χ1v) is 6.65. The molecule has 2 aromatic carbocycles. The number of nitrogens with one attached hydrogen (secondary N) is 1. The highest BCUT2D eigenvalue weighted by molar-refractivity contribution is 5.90. The summed E-state index contributed by atoms with van der Waals surface area (Å²) in [5.41, 5.74) is 1.53. The van der Waals surface area contributed by atoms with E-state index in [2.05, 4.69) is 5.32 Å². The summed E-state index contributed by atoms with van der Waals surface area (Å²) in [5.74, 6) is 0.974. The molecule has 0 atom stereocenters. The Morgan fingerprint density at radius 3 is 2.76 bits per heavy atom. The molecule has 1 heterocycles. The first-order chi connectivity index (χ1) is 10.2. The molecular formula is C16H14FNO3. The summed E-state index contributed by atoms with van der Waals surface area (Å²) >= 11 is 0. The van der Waals surface area contributed by atoms with Gasteiger partial charge in [-0.05, 0) is 42.3 Å². The number of anilines is 1. The number of ether oxygens (including phenoxy) is 2. The van der Waals surface area contributed by atoms with E-state index in [4.69, 9.17) is 9.47 Å². The number of halogens is 1. The van der Waals surface area contributed by atoms with E-state index in [0.29, 0.717) is 30.0 Å². The number of para-hydroxylation sites is 1. The maximum absolute atomic E-state index is 12.8. The van der Waals surface area contributed by atoms with Crippen molar-refractivity contribution >= 4 is 11.6 Å². The molecular weight excluding hydrogens is 273 g/mol. The molecule has 0 radical (unpaired) electrons. The number of rotatable bonds is 4. The van der Waals surface area contributed by atoms with Crippen LogP contribution in [0.3, 0.4) is 0 Å². The first kappa shape index (κ1) is 13.4. The number of aryl methyl sites for hydroxylation is 1. The van der Waals surface area contributed by atoms with E-state index >= 15 is 0 Å². The van der Waals surface area contributed by atoms with Crippen LogP contribution in [-0.4, -0.2) is 12.7 Å². The Bertz CT molecular complexity index is 655. The van der Waals surface area contributed by atoms with Gasteiger partial charge in [0.05, 0.1) is 0 Å². The number of amides is 1. The van der Waals surface area contributed by atoms with Gasteiger partial charge in [0.2, 0.25) is 12.7 Å². The normalized spacial score (nSPS) is 12.2. The summed E-state index contributed by atoms with van der Waals surface area (Å²) in [7, 11) is 0. The molecule has 0 saturated heterocycles. The molecule has 0 spiro atoms. The quantitative estimate of drug-likeness (QED) is 0.939. The van der Waals surface area contributed by atoms with E-state index in [1.807, 2.05) is 18.2 Å². The van der Waals surface area contributed by atoms with Gasteiger partial charge < -0.3 is 14.8 Å². The number of carbonyl (C=O) groups is 1. The summed E-state index contributed by atoms with van der Waals surface area (Å²) in [4.78, 5) is 11.9. The van der Waals surface area contributed by atoms with Crippen LogP contribution >= 0.6 is 0 Å². The van der Waals surface area contributed by atoms with Crippen molar-refractivity contribution in [3.8, 4) is 11.5 Å². The smallest absolute Gasteiger partial charge is 0.231 e. The second kappa shape index (κ2) is 5.83. The second-order valence-electron chi connectivity index (χ2n) is 4.71. The fourth-order valence-electron chi connectivity index (χ4n) is 2.19. The highest BCUT2D eigenvalue weighted by Crippen LogP contribution is 2.35. The molecule has 1 aliphatic heterocycles. The van der Waals surface area contributed by atoms with E-state index in [1.54, 1.807) is 0 Å². The fourth-order valence-corrected chi connectivity index (χ4v) is 2.19. The van der Waals surface area contributed by atoms with Crippen molar-refractivity contribution in [3.05, 3.63) is 53.8 Å². The number of fused-ring (bicyclic) bond motifs is 1. The van der Waals surface area contributed by atoms with Crippen LogP contribution in [0.4, 0.5) is 10.1 Å². The molecule has 0 saturated carbocycles. The molecule has 108 valence electrons. The molecule has 2 aromatic rings. The molecule has 5 heteroatoms. The molecule has 3 rings (SSSR count). The highest BCUT2D eigenvalue weighted by atomic mass is 19.1. The third kappa shape index (κ3) is 3.13. The van der Waals surface area contributed by atoms with Crippen molar-refractivity contribution in [2.75, 3.05) is 12.1 Å². The topological polar surface area (TPSA) is 47.6 Å². The minimum Gasteiger partial charge on any atom is -0.454 e. The Hall–Kier alpha value is -2.56. The van der Waals surface area contributed by atoms with Crippen molar-refractivity contribution < 1.29 is 18.7 Å². The largest absolute Gasteiger partial charge is 0.454 e. The standard InChI is InChI=1S/C16H14FNO3/c17-12-5-7-13(8-6-12)18-15(19)9-4-11-2-1-3-14-16(11)21-10-20-14/h1-3,5-8H,4,9-10H2,(H,18,19). The molecule has 1 aliphatic rings. The molecule has 4 nitrogen and oxygen atoms in total. The zero-order chi connectivity index (χ0) is 14.7. The van der Waals surface area contributed by atoms with Gasteiger partial charge in [0.15, 0.2) is 11.5 Å². The van der Waals surface area contributed by atoms with Gasteiger partial charge in [0.1, 0.15) is 5.82 Å². The summed E-state index contributed by atoms with van der Waals surface area (Å²) < 4.78 is 23.5. The van der Waals surface area contributed by atoms with E-state index in [1.165, 1.54) is 24.3 Å². The number of hydrogen-bond acceptors (Lipinski definition) is 3. The summed E-state index contributed by atoms with van der Waals surface area (Å²) in [6.45, 7) is 0.216. The Kier molecular flexibility index (Phi) is 3.73. The summed E-state index contributed by atoms with van der Waals surface area (Å²) in [6, 6.07) is 11.3. The lowest BCUT2D eigenvalue weighted by atomic mass is 10.1. The predicted octanol–water partition coefficient (Wildman–Crippen LogP) is 3.13. The van der Waals surface area contributed by atoms with E-state index in [9.17, 15) is 9.18 Å². The second-order valence-corrected chi connectivity index (χ2v) is 4.71. The van der Waals surface area contributed by atoms with Crippen LogP contribution in [0.25, 0.3) is 0 Å². The summed E-state index contributed by atoms with van der Waals surface area (Å²) in [6.07, 6.45) is 0.872. The SMILES string of the molecule is O=C(CCc1cccc2c1OCO2)Nc1ccc(F)cc1. The van der Waals surface area contributed by atoms with Crippen LogP contribution in [0.1, 0.15) is 12.0 Å². The van der Waals surface area contributed by atoms with Crippen molar-refractivity contribution in [1.82, 2.24) is 0 Å². The number of benzene rings is 2. The van der Waals surface area contributed by atoms with Gasteiger partial charge >= 0.3 is 0 Å². The van der Waals surface area contributed by atoms with Gasteiger partial charge in [0.25, 0.3) is 0 Å². The Balaban J connectivity index is 1.59. The van der Waals surface area contributed by atoms with Crippen molar-refractivity contribution in [2.45, 2.75) is 12.8 Å². The number of hydrogen-bond donors (Lipinski definition) is 1. The zero-order valence-electron chi connectivity index (χ0n) is 11.3. The van der Waals surface area contributed by atoms with Gasteiger partial charge in [-0.3, -0.25) is 4.79 Å². The third-order valence-corrected chi connectivity index (χ3v) is 3.23. The monoisotopic (exact) mass is 287 g/mol. The summed E-state index contributed by atoms with van der Waals surface area (Å²) in [5, 5.41) is 2.73. The minimum atomic E-state index is -0.329. The van der Waals surface area contributed by atoms with Gasteiger partial charge in [-0.2, -0.15) is 0 Å². The molecule has 0 bridgehead atoms. The van der Waals surface area contributed by atoms with Crippen LogP contribution < -0.4 is 14.8 Å². The lowest BCUT2D eigenvalue weighted by molar-refractivity contribution is -0.116. The lowest BCUT2D eigenvalue weighted by Gasteiger charge is -2.07. The molecule has 0 aromatic heterocycles. The van der Waals surface area contributed by atoms with Crippen molar-refractivity contribution in [1.29, 1.82) is 0 Å². The molecule has 0 fully saturated rings. The van der Waals surface area contributed by atoms with Crippen molar-refractivity contribution in [3.63, 3.8) is 0 Å². The van der Waals surface area contributed by atoms with Crippen LogP contribution in [0.2, 0.25) is 0 Å². The lowest BCUT2D eigenvalue weighted by Crippen LogP contribution is -2.12. The maximum atomic E-state index is 12.8. The van der Waals surface area contributed by atoms with Crippen LogP contribution in [0.5, 0.6) is 11.5 Å². The Labute approximate surface area is 121 Å². The first-order valence-electron chi connectivity index (χ1n) is 6.65. The Morgan fingerprint density at radius 2 is 1.95 bits per heavy atom. The van der Waals surface area contributed by atoms with Crippen molar-refractivity contribution in [2.24, 2.45) is 0 Å². The third-order valence-electron chi connectivity index (χ3n) is 3.23. The zero-order valence-corrected chi connectivity index (χ0v) is 11.3. The van der Waals surface area contributed by atoms with Crippen LogP contribution in [-0.2, 0) is 11.2 Å². The van der Waals surface area contributed by atoms with Gasteiger partial charge in [-0.25, -0.2) is 4.39 Å². The highest BCUT2D eigenvalue weighted by Gasteiger charge is 2.17. The van der Waals surface area contributed by atoms with E-state index in [0.717, 1.165) is 5.56 Å². The van der Waals surface area contributed by atoms with Crippen LogP contribution in [0.15, 0.2) is 42.5 Å². The fraction of sp³-hybridized carbons (Fsp3) is 0.188. The van der Waals surface area contributed by atoms with Gasteiger partial charge in [-0.1, -0.05) is 12.1 Å². The predicted molar refractivity (Wildman–Crippen MR) is 75.9 cm³/mol. The molecule has 1 N–H and O–H groups in total. The maximum Gasteiger partial charge on any atom is 0.231 e. The molecule has 0 unspecified atom stereocenters. The Morgan fingerprint density at radius 1 is 1.14 bits per heavy atom. The molecule has 0 aliphatic carbocycles.